The Morgan fingerprint density at radius 2 is 1.94 bits per heavy atom. The van der Waals surface area contributed by atoms with Gasteiger partial charge in [0.25, 0.3) is 0 Å². The second kappa shape index (κ2) is 10.5. The number of aryl methyl sites for hydroxylation is 1. The third kappa shape index (κ3) is 6.10. The van der Waals surface area contributed by atoms with Gasteiger partial charge in [-0.2, -0.15) is 0 Å². The summed E-state index contributed by atoms with van der Waals surface area (Å²) in [5, 5.41) is 6.85. The minimum absolute atomic E-state index is 0.652. The van der Waals surface area contributed by atoms with Crippen LogP contribution < -0.4 is 20.3 Å². The lowest BCUT2D eigenvalue weighted by Gasteiger charge is -2.29. The zero-order valence-electron chi connectivity index (χ0n) is 18.6. The van der Waals surface area contributed by atoms with Gasteiger partial charge in [0.05, 0.1) is 19.8 Å². The molecule has 2 aromatic rings. The molecular weight excluding hydrogens is 390 g/mol. The van der Waals surface area contributed by atoms with Gasteiger partial charge in [-0.1, -0.05) is 18.2 Å². The topological polar surface area (TPSA) is 71.0 Å². The highest BCUT2D eigenvalue weighted by molar-refractivity contribution is 5.79. The minimum Gasteiger partial charge on any atom is -0.493 e. The van der Waals surface area contributed by atoms with Crippen molar-refractivity contribution in [3.63, 3.8) is 0 Å². The third-order valence-electron chi connectivity index (χ3n) is 5.69. The van der Waals surface area contributed by atoms with Crippen molar-refractivity contribution in [1.29, 1.82) is 0 Å². The molecule has 4 rings (SSSR count). The number of nitrogens with one attached hydrogen (secondary N) is 2. The van der Waals surface area contributed by atoms with Crippen LogP contribution in [0.1, 0.15) is 29.5 Å². The summed E-state index contributed by atoms with van der Waals surface area (Å²) in [4.78, 5) is 11.3. The van der Waals surface area contributed by atoms with Crippen molar-refractivity contribution in [2.45, 2.75) is 32.9 Å². The van der Waals surface area contributed by atoms with E-state index in [1.54, 1.807) is 7.05 Å². The number of aliphatic imine (C=N–C) groups is 1. The fourth-order valence-electron chi connectivity index (χ4n) is 3.64. The largest absolute Gasteiger partial charge is 0.493 e. The molecule has 0 amide bonds. The van der Waals surface area contributed by atoms with Gasteiger partial charge in [-0.15, -0.1) is 0 Å². The Balaban J connectivity index is 1.35. The lowest BCUT2D eigenvalue weighted by Crippen LogP contribution is -2.39. The van der Waals surface area contributed by atoms with E-state index < -0.39 is 0 Å². The van der Waals surface area contributed by atoms with E-state index in [0.29, 0.717) is 13.1 Å². The Bertz CT molecular complexity index is 891. The number of pyridine rings is 1. The molecule has 2 aliphatic rings. The molecule has 1 aliphatic carbocycles. The average molecular weight is 424 g/mol. The predicted octanol–water partition coefficient (Wildman–Crippen LogP) is 2.88. The molecule has 0 spiro atoms. The van der Waals surface area contributed by atoms with E-state index in [0.717, 1.165) is 67.5 Å². The maximum Gasteiger partial charge on any atom is 0.191 e. The third-order valence-corrected chi connectivity index (χ3v) is 5.69. The second-order valence-electron chi connectivity index (χ2n) is 8.23. The fourth-order valence-corrected chi connectivity index (χ4v) is 3.64. The smallest absolute Gasteiger partial charge is 0.191 e. The molecule has 2 heterocycles. The SMILES string of the molecule is CN=C(NCc1ccc(C)cc1OCC1CC1)NCc1cccnc1N1CCOCC1. The quantitative estimate of drug-likeness (QED) is 0.503. The van der Waals surface area contributed by atoms with Crippen LogP contribution in [0.4, 0.5) is 5.82 Å². The van der Waals surface area contributed by atoms with Crippen LogP contribution in [0.25, 0.3) is 0 Å². The van der Waals surface area contributed by atoms with Gasteiger partial charge in [-0.05, 0) is 43.4 Å². The van der Waals surface area contributed by atoms with Gasteiger partial charge in [0.1, 0.15) is 11.6 Å². The first-order chi connectivity index (χ1) is 15.2. The molecule has 7 nitrogen and oxygen atoms in total. The summed E-state index contributed by atoms with van der Waals surface area (Å²) in [5.41, 5.74) is 3.50. The van der Waals surface area contributed by atoms with Gasteiger partial charge in [0.15, 0.2) is 5.96 Å². The molecule has 0 radical (unpaired) electrons. The molecule has 1 aromatic heterocycles. The number of rotatable bonds is 8. The van der Waals surface area contributed by atoms with E-state index >= 15 is 0 Å². The summed E-state index contributed by atoms with van der Waals surface area (Å²) < 4.78 is 11.6. The molecule has 2 N–H and O–H groups in total. The highest BCUT2D eigenvalue weighted by atomic mass is 16.5. The van der Waals surface area contributed by atoms with Gasteiger partial charge < -0.3 is 25.0 Å². The summed E-state index contributed by atoms with van der Waals surface area (Å²) in [6.45, 7) is 7.45. The van der Waals surface area contributed by atoms with Crippen LogP contribution in [0.2, 0.25) is 0 Å². The van der Waals surface area contributed by atoms with Gasteiger partial charge in [-0.25, -0.2) is 4.98 Å². The Kier molecular flexibility index (Phi) is 7.25. The number of hydrogen-bond acceptors (Lipinski definition) is 5. The summed E-state index contributed by atoms with van der Waals surface area (Å²) in [6.07, 6.45) is 4.43. The zero-order valence-corrected chi connectivity index (χ0v) is 18.6. The van der Waals surface area contributed by atoms with Gasteiger partial charge in [0.2, 0.25) is 0 Å². The van der Waals surface area contributed by atoms with Crippen molar-refractivity contribution in [3.05, 3.63) is 53.2 Å². The van der Waals surface area contributed by atoms with Crippen molar-refractivity contribution in [3.8, 4) is 5.75 Å². The van der Waals surface area contributed by atoms with Crippen LogP contribution >= 0.6 is 0 Å². The average Bonchev–Trinajstić information content (AvgIpc) is 3.64. The number of guanidine groups is 1. The Hall–Kier alpha value is -2.80. The van der Waals surface area contributed by atoms with E-state index in [-0.39, 0.29) is 0 Å². The molecule has 166 valence electrons. The summed E-state index contributed by atoms with van der Waals surface area (Å²) in [7, 11) is 1.79. The van der Waals surface area contributed by atoms with E-state index in [9.17, 15) is 0 Å². The normalized spacial score (nSPS) is 16.8. The number of ether oxygens (including phenoxy) is 2. The van der Waals surface area contributed by atoms with E-state index in [1.165, 1.54) is 18.4 Å². The molecule has 0 atom stereocenters. The van der Waals surface area contributed by atoms with Crippen molar-refractivity contribution in [2.75, 3.05) is 44.9 Å². The molecular formula is C24H33N5O2. The molecule has 31 heavy (non-hydrogen) atoms. The molecule has 7 heteroatoms. The Labute approximate surface area is 184 Å². The second-order valence-corrected chi connectivity index (χ2v) is 8.23. The van der Waals surface area contributed by atoms with Crippen molar-refractivity contribution in [1.82, 2.24) is 15.6 Å². The number of hydrogen-bond donors (Lipinski definition) is 2. The standard InChI is InChI=1S/C24H33N5O2/c1-18-5-8-20(22(14-18)31-17-19-6-7-19)15-27-24(25-2)28-16-21-4-3-9-26-23(21)29-10-12-30-13-11-29/h3-5,8-9,14,19H,6-7,10-13,15-17H2,1-2H3,(H2,25,27,28). The predicted molar refractivity (Wildman–Crippen MR) is 124 cm³/mol. The molecule has 1 saturated carbocycles. The van der Waals surface area contributed by atoms with Crippen LogP contribution in [0, 0.1) is 12.8 Å². The maximum atomic E-state index is 6.10. The molecule has 0 bridgehead atoms. The molecule has 1 aliphatic heterocycles. The number of benzene rings is 1. The number of aromatic nitrogens is 1. The lowest BCUT2D eigenvalue weighted by molar-refractivity contribution is 0.122. The van der Waals surface area contributed by atoms with Crippen LogP contribution in [0.15, 0.2) is 41.5 Å². The first-order valence-electron chi connectivity index (χ1n) is 11.2. The van der Waals surface area contributed by atoms with Crippen molar-refractivity contribution < 1.29 is 9.47 Å². The zero-order chi connectivity index (χ0) is 21.5. The monoisotopic (exact) mass is 423 g/mol. The molecule has 1 aromatic carbocycles. The maximum absolute atomic E-state index is 6.10. The number of nitrogens with zero attached hydrogens (tertiary/aromatic N) is 3. The van der Waals surface area contributed by atoms with E-state index in [1.807, 2.05) is 12.3 Å². The van der Waals surface area contributed by atoms with Crippen molar-refractivity contribution >= 4 is 11.8 Å². The van der Waals surface area contributed by atoms with Crippen LogP contribution in [-0.4, -0.2) is 50.9 Å². The summed E-state index contributed by atoms with van der Waals surface area (Å²) >= 11 is 0. The van der Waals surface area contributed by atoms with E-state index in [2.05, 4.69) is 56.7 Å². The number of morpholine rings is 1. The highest BCUT2D eigenvalue weighted by Crippen LogP contribution is 2.30. The van der Waals surface area contributed by atoms with Gasteiger partial charge in [-0.3, -0.25) is 4.99 Å². The minimum atomic E-state index is 0.652. The summed E-state index contributed by atoms with van der Waals surface area (Å²) in [6, 6.07) is 10.5. The Morgan fingerprint density at radius 1 is 1.16 bits per heavy atom. The van der Waals surface area contributed by atoms with Crippen molar-refractivity contribution in [2.24, 2.45) is 10.9 Å². The fraction of sp³-hybridized carbons (Fsp3) is 0.500. The lowest BCUT2D eigenvalue weighted by atomic mass is 10.1. The van der Waals surface area contributed by atoms with Crippen LogP contribution in [-0.2, 0) is 17.8 Å². The highest BCUT2D eigenvalue weighted by Gasteiger charge is 2.22. The van der Waals surface area contributed by atoms with E-state index in [4.69, 9.17) is 9.47 Å². The number of anilines is 1. The van der Waals surface area contributed by atoms with Gasteiger partial charge >= 0.3 is 0 Å². The molecule has 1 saturated heterocycles. The first kappa shape index (κ1) is 21.4. The molecule has 0 unspecified atom stereocenters. The molecule has 2 fully saturated rings. The first-order valence-corrected chi connectivity index (χ1v) is 11.2. The van der Waals surface area contributed by atoms with Crippen LogP contribution in [0.5, 0.6) is 5.75 Å². The van der Waals surface area contributed by atoms with Gasteiger partial charge in [0, 0.05) is 50.6 Å². The van der Waals surface area contributed by atoms with Crippen LogP contribution in [0.3, 0.4) is 0 Å². The summed E-state index contributed by atoms with van der Waals surface area (Å²) in [5.74, 6) is 3.47. The Morgan fingerprint density at radius 3 is 2.68 bits per heavy atom.